The minimum absolute atomic E-state index is 0. The van der Waals surface area contributed by atoms with Gasteiger partial charge >= 0.3 is 0 Å². The van der Waals surface area contributed by atoms with Crippen LogP contribution in [-0.2, 0) is 13.0 Å². The highest BCUT2D eigenvalue weighted by atomic mass is 35.5. The van der Waals surface area contributed by atoms with Gasteiger partial charge in [0, 0.05) is 19.5 Å². The molecule has 1 aromatic heterocycles. The van der Waals surface area contributed by atoms with Crippen molar-refractivity contribution in [1.29, 1.82) is 0 Å². The van der Waals surface area contributed by atoms with E-state index in [1.54, 1.807) is 0 Å². The molecule has 2 heterocycles. The molecule has 0 spiro atoms. The minimum atomic E-state index is 0. The van der Waals surface area contributed by atoms with Gasteiger partial charge in [-0.1, -0.05) is 0 Å². The third-order valence-corrected chi connectivity index (χ3v) is 2.04. The minimum Gasteiger partial charge on any atom is -0.369 e. The summed E-state index contributed by atoms with van der Waals surface area (Å²) in [5, 5.41) is 0. The van der Waals surface area contributed by atoms with E-state index in [0.717, 1.165) is 25.2 Å². The van der Waals surface area contributed by atoms with Gasteiger partial charge < -0.3 is 15.6 Å². The highest BCUT2D eigenvalue weighted by molar-refractivity contribution is 5.85. The van der Waals surface area contributed by atoms with Crippen molar-refractivity contribution < 1.29 is 0 Å². The fourth-order valence-electron chi connectivity index (χ4n) is 1.45. The first-order valence-electron chi connectivity index (χ1n) is 3.77. The number of nitrogens with zero attached hydrogens (tertiary/aromatic N) is 2. The van der Waals surface area contributed by atoms with E-state index in [9.17, 15) is 0 Å². The molecule has 0 radical (unpaired) electrons. The third kappa shape index (κ3) is 2.49. The number of imidazole rings is 1. The summed E-state index contributed by atoms with van der Waals surface area (Å²) in [4.78, 5) is 9.48. The Bertz CT molecular complexity index is 273. The monoisotopic (exact) mass is 224 g/mol. The van der Waals surface area contributed by atoms with Crippen LogP contribution in [0.1, 0.15) is 11.4 Å². The molecule has 1 aliphatic rings. The summed E-state index contributed by atoms with van der Waals surface area (Å²) >= 11 is 0. The van der Waals surface area contributed by atoms with Gasteiger partial charge in [-0.3, -0.25) is 0 Å². The molecule has 13 heavy (non-hydrogen) atoms. The zero-order valence-electron chi connectivity index (χ0n) is 7.41. The van der Waals surface area contributed by atoms with Gasteiger partial charge in [0.15, 0.2) is 5.95 Å². The highest BCUT2D eigenvalue weighted by Crippen LogP contribution is 2.15. The summed E-state index contributed by atoms with van der Waals surface area (Å²) in [6.45, 7) is 2.02. The molecular weight excluding hydrogens is 211 g/mol. The van der Waals surface area contributed by atoms with Crippen LogP contribution in [0.3, 0.4) is 0 Å². The number of aromatic amines is 1. The maximum absolute atomic E-state index is 5.52. The molecular formula is C7H14Cl2N4. The van der Waals surface area contributed by atoms with Crippen LogP contribution in [-0.4, -0.2) is 28.5 Å². The van der Waals surface area contributed by atoms with Crippen molar-refractivity contribution in [2.45, 2.75) is 13.0 Å². The molecule has 1 aromatic rings. The van der Waals surface area contributed by atoms with Crippen LogP contribution in [0.15, 0.2) is 0 Å². The number of H-pyrrole nitrogens is 1. The molecule has 3 N–H and O–H groups in total. The zero-order chi connectivity index (χ0) is 7.84. The summed E-state index contributed by atoms with van der Waals surface area (Å²) in [6.07, 6.45) is 1.01. The van der Waals surface area contributed by atoms with Gasteiger partial charge in [-0.25, -0.2) is 4.98 Å². The molecule has 0 unspecified atom stereocenters. The molecule has 0 saturated carbocycles. The summed E-state index contributed by atoms with van der Waals surface area (Å²) in [5.41, 5.74) is 7.84. The third-order valence-electron chi connectivity index (χ3n) is 2.04. The molecule has 4 nitrogen and oxygen atoms in total. The second-order valence-electron chi connectivity index (χ2n) is 3.04. The van der Waals surface area contributed by atoms with Crippen LogP contribution in [0.5, 0.6) is 0 Å². The average Bonchev–Trinajstić information content (AvgIpc) is 2.27. The molecule has 0 fully saturated rings. The van der Waals surface area contributed by atoms with E-state index in [1.165, 1.54) is 5.69 Å². The number of anilines is 1. The molecule has 76 valence electrons. The Kier molecular flexibility index (Phi) is 4.53. The van der Waals surface area contributed by atoms with Crippen molar-refractivity contribution >= 4 is 30.8 Å². The van der Waals surface area contributed by atoms with Gasteiger partial charge in [0.1, 0.15) is 0 Å². The zero-order valence-corrected chi connectivity index (χ0v) is 9.04. The second-order valence-corrected chi connectivity index (χ2v) is 3.04. The van der Waals surface area contributed by atoms with Gasteiger partial charge in [-0.15, -0.1) is 24.8 Å². The molecule has 0 aliphatic carbocycles. The van der Waals surface area contributed by atoms with Crippen LogP contribution >= 0.6 is 24.8 Å². The molecule has 1 aliphatic heterocycles. The molecule has 0 aromatic carbocycles. The molecule has 0 atom stereocenters. The van der Waals surface area contributed by atoms with E-state index in [4.69, 9.17) is 5.73 Å². The molecule has 2 rings (SSSR count). The van der Waals surface area contributed by atoms with E-state index in [-0.39, 0.29) is 24.8 Å². The Labute approximate surface area is 89.7 Å². The fraction of sp³-hybridized carbons (Fsp3) is 0.571. The van der Waals surface area contributed by atoms with E-state index in [1.807, 2.05) is 0 Å². The number of fused-ring (bicyclic) bond motifs is 1. The number of aromatic nitrogens is 2. The van der Waals surface area contributed by atoms with E-state index in [0.29, 0.717) is 5.95 Å². The van der Waals surface area contributed by atoms with Gasteiger partial charge in [-0.05, 0) is 7.05 Å². The number of hydrogen-bond acceptors (Lipinski definition) is 3. The van der Waals surface area contributed by atoms with Crippen molar-refractivity contribution in [3.8, 4) is 0 Å². The molecule has 6 heteroatoms. The first-order valence-corrected chi connectivity index (χ1v) is 3.77. The summed E-state index contributed by atoms with van der Waals surface area (Å²) in [6, 6.07) is 0. The van der Waals surface area contributed by atoms with Gasteiger partial charge in [-0.2, -0.15) is 0 Å². The van der Waals surface area contributed by atoms with Crippen molar-refractivity contribution in [2.24, 2.45) is 0 Å². The van der Waals surface area contributed by atoms with E-state index < -0.39 is 0 Å². The molecule has 0 amide bonds. The topological polar surface area (TPSA) is 57.9 Å². The van der Waals surface area contributed by atoms with Crippen molar-refractivity contribution in [3.05, 3.63) is 11.4 Å². The number of halogens is 2. The Hall–Kier alpha value is -0.450. The summed E-state index contributed by atoms with van der Waals surface area (Å²) in [5.74, 6) is 0.547. The lowest BCUT2D eigenvalue weighted by atomic mass is 10.2. The fourth-order valence-corrected chi connectivity index (χ4v) is 1.45. The summed E-state index contributed by atoms with van der Waals surface area (Å²) in [7, 11) is 2.10. The van der Waals surface area contributed by atoms with Crippen LogP contribution in [0.25, 0.3) is 0 Å². The highest BCUT2D eigenvalue weighted by Gasteiger charge is 2.15. The predicted molar refractivity (Wildman–Crippen MR) is 57.5 cm³/mol. The molecule has 0 saturated heterocycles. The standard InChI is InChI=1S/C7H12N4.2ClH/c1-11-3-2-5-6(4-11)10-7(8)9-5;;/h2-4H2,1H3,(H3,8,9,10);2*1H. The van der Waals surface area contributed by atoms with E-state index >= 15 is 0 Å². The number of nitrogen functional groups attached to an aromatic ring is 1. The molecule has 0 bridgehead atoms. The lowest BCUT2D eigenvalue weighted by Crippen LogP contribution is -2.26. The van der Waals surface area contributed by atoms with Gasteiger partial charge in [0.2, 0.25) is 0 Å². The normalized spacial score (nSPS) is 15.5. The smallest absolute Gasteiger partial charge is 0.197 e. The number of likely N-dealkylation sites (N-methyl/N-ethyl adjacent to an activating group) is 1. The first kappa shape index (κ1) is 12.6. The number of nitrogens with one attached hydrogen (secondary N) is 1. The van der Waals surface area contributed by atoms with Gasteiger partial charge in [0.25, 0.3) is 0 Å². The number of hydrogen-bond donors (Lipinski definition) is 2. The SMILES string of the molecule is CN1CCc2nc(N)[nH]c2C1.Cl.Cl. The van der Waals surface area contributed by atoms with Crippen LogP contribution < -0.4 is 5.73 Å². The quantitative estimate of drug-likeness (QED) is 0.687. The Morgan fingerprint density at radius 2 is 2.15 bits per heavy atom. The van der Waals surface area contributed by atoms with Crippen LogP contribution in [0.4, 0.5) is 5.95 Å². The van der Waals surface area contributed by atoms with Crippen LogP contribution in [0.2, 0.25) is 0 Å². The largest absolute Gasteiger partial charge is 0.369 e. The second kappa shape index (κ2) is 4.69. The number of rotatable bonds is 0. The Morgan fingerprint density at radius 3 is 2.85 bits per heavy atom. The lowest BCUT2D eigenvalue weighted by molar-refractivity contribution is 0.307. The summed E-state index contributed by atoms with van der Waals surface area (Å²) < 4.78 is 0. The van der Waals surface area contributed by atoms with E-state index in [2.05, 4.69) is 21.9 Å². The first-order chi connectivity index (χ1) is 5.25. The average molecular weight is 225 g/mol. The number of nitrogens with two attached hydrogens (primary N) is 1. The predicted octanol–water partition coefficient (Wildman–Crippen LogP) is 0.823. The van der Waals surface area contributed by atoms with Gasteiger partial charge in [0.05, 0.1) is 11.4 Å². The Morgan fingerprint density at radius 1 is 1.46 bits per heavy atom. The maximum atomic E-state index is 5.52. The Balaban J connectivity index is 0.000000720. The lowest BCUT2D eigenvalue weighted by Gasteiger charge is -2.20. The van der Waals surface area contributed by atoms with Crippen molar-refractivity contribution in [1.82, 2.24) is 14.9 Å². The maximum Gasteiger partial charge on any atom is 0.197 e. The van der Waals surface area contributed by atoms with Crippen molar-refractivity contribution in [2.75, 3.05) is 19.3 Å². The van der Waals surface area contributed by atoms with Crippen LogP contribution in [0, 0.1) is 0 Å². The van der Waals surface area contributed by atoms with Crippen molar-refractivity contribution in [3.63, 3.8) is 0 Å².